The molecule has 1 fully saturated rings. The second-order valence-electron chi connectivity index (χ2n) is 4.55. The van der Waals surface area contributed by atoms with Gasteiger partial charge >= 0.3 is 0 Å². The fraction of sp³-hybridized carbons (Fsp3) is 0.429. The molecule has 2 rings (SSSR count). The molecule has 6 heteroatoms. The van der Waals surface area contributed by atoms with Crippen molar-refractivity contribution in [2.45, 2.75) is 18.9 Å². The number of hydrogen-bond donors (Lipinski definition) is 2. The molecule has 1 unspecified atom stereocenters. The summed E-state index contributed by atoms with van der Waals surface area (Å²) in [5.41, 5.74) is 0.363. The zero-order valence-corrected chi connectivity index (χ0v) is 11.6. The van der Waals surface area contributed by atoms with Gasteiger partial charge in [0.1, 0.15) is 17.1 Å². The van der Waals surface area contributed by atoms with E-state index in [0.717, 1.165) is 6.42 Å². The topological polar surface area (TPSA) is 76.7 Å². The number of amides is 2. The van der Waals surface area contributed by atoms with Crippen LogP contribution in [0.3, 0.4) is 0 Å². The number of nitrogens with one attached hydrogen (secondary N) is 2. The van der Waals surface area contributed by atoms with Crippen molar-refractivity contribution in [3.05, 3.63) is 23.8 Å². The average molecular weight is 278 g/mol. The summed E-state index contributed by atoms with van der Waals surface area (Å²) < 4.78 is 10.4. The Morgan fingerprint density at radius 1 is 1.35 bits per heavy atom. The summed E-state index contributed by atoms with van der Waals surface area (Å²) in [4.78, 5) is 23.4. The number of benzene rings is 1. The first kappa shape index (κ1) is 14.2. The van der Waals surface area contributed by atoms with Crippen molar-refractivity contribution in [3.63, 3.8) is 0 Å². The Kier molecular flexibility index (Phi) is 4.45. The van der Waals surface area contributed by atoms with Crippen molar-refractivity contribution in [1.82, 2.24) is 10.6 Å². The van der Waals surface area contributed by atoms with E-state index in [-0.39, 0.29) is 17.9 Å². The summed E-state index contributed by atoms with van der Waals surface area (Å²) >= 11 is 0. The maximum Gasteiger partial charge on any atom is 0.258 e. The minimum Gasteiger partial charge on any atom is -0.496 e. The lowest BCUT2D eigenvalue weighted by atomic mass is 10.1. The molecular weight excluding hydrogens is 260 g/mol. The van der Waals surface area contributed by atoms with Crippen LogP contribution in [0.5, 0.6) is 11.5 Å². The molecule has 0 saturated carbocycles. The number of carbonyl (C=O) groups is 2. The van der Waals surface area contributed by atoms with Crippen molar-refractivity contribution < 1.29 is 19.1 Å². The molecule has 1 heterocycles. The fourth-order valence-corrected chi connectivity index (χ4v) is 2.21. The minimum atomic E-state index is -0.277. The van der Waals surface area contributed by atoms with Gasteiger partial charge in [0.2, 0.25) is 5.91 Å². The van der Waals surface area contributed by atoms with Crippen LogP contribution in [0.25, 0.3) is 0 Å². The van der Waals surface area contributed by atoms with E-state index in [2.05, 4.69) is 10.6 Å². The summed E-state index contributed by atoms with van der Waals surface area (Å²) in [6.07, 6.45) is 1.25. The highest BCUT2D eigenvalue weighted by Crippen LogP contribution is 2.27. The molecule has 0 aliphatic carbocycles. The third kappa shape index (κ3) is 3.01. The Hall–Kier alpha value is -2.24. The lowest BCUT2D eigenvalue weighted by molar-refractivity contribution is -0.119. The normalized spacial score (nSPS) is 17.5. The van der Waals surface area contributed by atoms with Gasteiger partial charge < -0.3 is 20.1 Å². The van der Waals surface area contributed by atoms with Crippen LogP contribution in [0.1, 0.15) is 23.2 Å². The minimum absolute atomic E-state index is 0.00727. The average Bonchev–Trinajstić information content (AvgIpc) is 2.89. The first-order chi connectivity index (χ1) is 9.65. The van der Waals surface area contributed by atoms with Crippen molar-refractivity contribution in [2.24, 2.45) is 0 Å². The van der Waals surface area contributed by atoms with E-state index in [1.54, 1.807) is 18.2 Å². The van der Waals surface area contributed by atoms with Crippen LogP contribution in [0.4, 0.5) is 0 Å². The standard InChI is InChI=1S/C14H18N2O4/c1-19-10-4-3-5-11(20-2)13(10)14(18)15-8-9-6-7-12(17)16-9/h3-5,9H,6-8H2,1-2H3,(H,15,18)(H,16,17). The quantitative estimate of drug-likeness (QED) is 0.831. The lowest BCUT2D eigenvalue weighted by Crippen LogP contribution is -2.38. The Balaban J connectivity index is 2.06. The van der Waals surface area contributed by atoms with Crippen LogP contribution in [-0.2, 0) is 4.79 Å². The first-order valence-corrected chi connectivity index (χ1v) is 6.44. The maximum atomic E-state index is 12.3. The van der Waals surface area contributed by atoms with Crippen molar-refractivity contribution in [3.8, 4) is 11.5 Å². The summed E-state index contributed by atoms with van der Waals surface area (Å²) in [6.45, 7) is 0.395. The van der Waals surface area contributed by atoms with Gasteiger partial charge in [-0.3, -0.25) is 9.59 Å². The molecule has 1 saturated heterocycles. The molecule has 1 atom stereocenters. The van der Waals surface area contributed by atoms with Crippen molar-refractivity contribution in [2.75, 3.05) is 20.8 Å². The Labute approximate surface area is 117 Å². The summed E-state index contributed by atoms with van der Waals surface area (Å²) in [7, 11) is 3.01. The van der Waals surface area contributed by atoms with Crippen LogP contribution in [0.15, 0.2) is 18.2 Å². The van der Waals surface area contributed by atoms with E-state index >= 15 is 0 Å². The van der Waals surface area contributed by atoms with Gasteiger partial charge in [0.25, 0.3) is 5.91 Å². The molecule has 0 aromatic heterocycles. The van der Waals surface area contributed by atoms with E-state index in [4.69, 9.17) is 9.47 Å². The van der Waals surface area contributed by atoms with Gasteiger partial charge in [0, 0.05) is 19.0 Å². The van der Waals surface area contributed by atoms with Crippen LogP contribution in [0, 0.1) is 0 Å². The zero-order valence-electron chi connectivity index (χ0n) is 11.6. The van der Waals surface area contributed by atoms with Crippen LogP contribution < -0.4 is 20.1 Å². The maximum absolute atomic E-state index is 12.3. The number of carbonyl (C=O) groups excluding carboxylic acids is 2. The van der Waals surface area contributed by atoms with Gasteiger partial charge in [-0.25, -0.2) is 0 Å². The van der Waals surface area contributed by atoms with E-state index in [9.17, 15) is 9.59 Å². The fourth-order valence-electron chi connectivity index (χ4n) is 2.21. The molecule has 1 aromatic carbocycles. The van der Waals surface area contributed by atoms with Crippen molar-refractivity contribution >= 4 is 11.8 Å². The lowest BCUT2D eigenvalue weighted by Gasteiger charge is -2.15. The number of ether oxygens (including phenoxy) is 2. The number of methoxy groups -OCH3 is 2. The predicted molar refractivity (Wildman–Crippen MR) is 73.0 cm³/mol. The predicted octanol–water partition coefficient (Wildman–Crippen LogP) is 0.712. The van der Waals surface area contributed by atoms with Gasteiger partial charge in [-0.15, -0.1) is 0 Å². The number of hydrogen-bond acceptors (Lipinski definition) is 4. The molecule has 108 valence electrons. The van der Waals surface area contributed by atoms with E-state index in [0.29, 0.717) is 30.0 Å². The summed E-state index contributed by atoms with van der Waals surface area (Å²) in [5.74, 6) is 0.661. The molecule has 0 spiro atoms. The van der Waals surface area contributed by atoms with Crippen molar-refractivity contribution in [1.29, 1.82) is 0 Å². The molecular formula is C14H18N2O4. The highest BCUT2D eigenvalue weighted by Gasteiger charge is 2.23. The third-order valence-corrected chi connectivity index (χ3v) is 3.25. The van der Waals surface area contributed by atoms with Gasteiger partial charge in [-0.05, 0) is 18.6 Å². The molecule has 6 nitrogen and oxygen atoms in total. The molecule has 0 radical (unpaired) electrons. The van der Waals surface area contributed by atoms with Gasteiger partial charge in [0.05, 0.1) is 14.2 Å². The zero-order chi connectivity index (χ0) is 14.5. The Morgan fingerprint density at radius 3 is 2.50 bits per heavy atom. The smallest absolute Gasteiger partial charge is 0.258 e. The largest absolute Gasteiger partial charge is 0.496 e. The number of rotatable bonds is 5. The van der Waals surface area contributed by atoms with E-state index in [1.807, 2.05) is 0 Å². The summed E-state index contributed by atoms with van der Waals surface area (Å²) in [6, 6.07) is 5.15. The molecule has 2 amide bonds. The molecule has 2 N–H and O–H groups in total. The summed E-state index contributed by atoms with van der Waals surface area (Å²) in [5, 5.41) is 5.60. The van der Waals surface area contributed by atoms with Crippen LogP contribution in [-0.4, -0.2) is 38.6 Å². The van der Waals surface area contributed by atoms with Gasteiger partial charge in [-0.1, -0.05) is 6.07 Å². The SMILES string of the molecule is COc1cccc(OC)c1C(=O)NCC1CCC(=O)N1. The first-order valence-electron chi connectivity index (χ1n) is 6.44. The van der Waals surface area contributed by atoms with Gasteiger partial charge in [-0.2, -0.15) is 0 Å². The molecule has 0 bridgehead atoms. The van der Waals surface area contributed by atoms with Crippen LogP contribution >= 0.6 is 0 Å². The highest BCUT2D eigenvalue weighted by atomic mass is 16.5. The van der Waals surface area contributed by atoms with Gasteiger partial charge in [0.15, 0.2) is 0 Å². The molecule has 1 aromatic rings. The van der Waals surface area contributed by atoms with E-state index < -0.39 is 0 Å². The highest BCUT2D eigenvalue weighted by molar-refractivity contribution is 5.99. The molecule has 20 heavy (non-hydrogen) atoms. The Morgan fingerprint density at radius 2 is 2.00 bits per heavy atom. The molecule has 1 aliphatic rings. The molecule has 1 aliphatic heterocycles. The Bertz CT molecular complexity index is 494. The third-order valence-electron chi connectivity index (χ3n) is 3.25. The second-order valence-corrected chi connectivity index (χ2v) is 4.55. The van der Waals surface area contributed by atoms with E-state index in [1.165, 1.54) is 14.2 Å². The second kappa shape index (κ2) is 6.27. The monoisotopic (exact) mass is 278 g/mol. The van der Waals surface area contributed by atoms with Crippen LogP contribution in [0.2, 0.25) is 0 Å².